The Balaban J connectivity index is 4.41. The van der Waals surface area contributed by atoms with E-state index in [1.165, 1.54) is 0 Å². The molecule has 0 aliphatic heterocycles. The number of rotatable bonds is 7. The Hall–Kier alpha value is -0.145. The standard InChI is InChI=1S/C11H22BNS/c1-7-9-14-12(8-2)13(10(3)4)11(5)6/h7-8,10-11H,1-2,9H2,3-6H3. The van der Waals surface area contributed by atoms with Crippen LogP contribution < -0.4 is 0 Å². The monoisotopic (exact) mass is 211 g/mol. The van der Waals surface area contributed by atoms with E-state index in [2.05, 4.69) is 45.7 Å². The van der Waals surface area contributed by atoms with Crippen molar-refractivity contribution in [3.8, 4) is 0 Å². The van der Waals surface area contributed by atoms with Gasteiger partial charge in [0.1, 0.15) is 0 Å². The fourth-order valence-corrected chi connectivity index (χ4v) is 2.75. The van der Waals surface area contributed by atoms with Crippen molar-refractivity contribution in [2.75, 3.05) is 5.75 Å². The molecule has 0 aromatic rings. The van der Waals surface area contributed by atoms with E-state index in [4.69, 9.17) is 0 Å². The molecule has 0 saturated heterocycles. The molecule has 0 aliphatic rings. The summed E-state index contributed by atoms with van der Waals surface area (Å²) in [5.41, 5.74) is 0. The third kappa shape index (κ3) is 4.38. The van der Waals surface area contributed by atoms with Gasteiger partial charge in [0, 0.05) is 5.75 Å². The van der Waals surface area contributed by atoms with E-state index in [0.717, 1.165) is 5.75 Å². The summed E-state index contributed by atoms with van der Waals surface area (Å²) in [4.78, 5) is 2.46. The summed E-state index contributed by atoms with van der Waals surface area (Å²) >= 11 is 1.88. The molecule has 0 fully saturated rings. The molecule has 80 valence electrons. The third-order valence-electron chi connectivity index (χ3n) is 2.07. The van der Waals surface area contributed by atoms with Crippen LogP contribution in [0.2, 0.25) is 0 Å². The lowest BCUT2D eigenvalue weighted by atomic mass is 9.85. The van der Waals surface area contributed by atoms with Gasteiger partial charge < -0.3 is 4.81 Å². The summed E-state index contributed by atoms with van der Waals surface area (Å²) in [6.07, 6.45) is 2.34. The first-order valence-electron chi connectivity index (χ1n) is 5.17. The first-order chi connectivity index (χ1) is 6.54. The molecule has 0 atom stereocenters. The van der Waals surface area contributed by atoms with Crippen molar-refractivity contribution in [3.63, 3.8) is 0 Å². The van der Waals surface area contributed by atoms with E-state index in [1.807, 2.05) is 23.7 Å². The first-order valence-corrected chi connectivity index (χ1v) is 6.22. The van der Waals surface area contributed by atoms with Crippen LogP contribution in [0.1, 0.15) is 27.7 Å². The Morgan fingerprint density at radius 1 is 1.21 bits per heavy atom. The summed E-state index contributed by atoms with van der Waals surface area (Å²) in [7, 11) is 0. The number of nitrogens with zero attached hydrogens (tertiary/aromatic N) is 1. The molecule has 0 spiro atoms. The molecule has 0 unspecified atom stereocenters. The topological polar surface area (TPSA) is 3.24 Å². The van der Waals surface area contributed by atoms with Crippen LogP contribution in [0, 0.1) is 0 Å². The van der Waals surface area contributed by atoms with Gasteiger partial charge in [-0.1, -0.05) is 39.7 Å². The number of hydrogen-bond acceptors (Lipinski definition) is 2. The van der Waals surface area contributed by atoms with Crippen molar-refractivity contribution in [3.05, 3.63) is 25.2 Å². The van der Waals surface area contributed by atoms with Gasteiger partial charge in [-0.2, -0.15) is 11.6 Å². The van der Waals surface area contributed by atoms with Crippen LogP contribution in [0.5, 0.6) is 0 Å². The summed E-state index contributed by atoms with van der Waals surface area (Å²) < 4.78 is 0. The molecule has 0 aromatic carbocycles. The molecule has 0 radical (unpaired) electrons. The summed E-state index contributed by atoms with van der Waals surface area (Å²) in [6, 6.07) is 1.10. The molecule has 1 nitrogen and oxygen atoms in total. The second-order valence-corrected chi connectivity index (χ2v) is 5.03. The van der Waals surface area contributed by atoms with E-state index in [9.17, 15) is 0 Å². The first kappa shape index (κ1) is 13.9. The summed E-state index contributed by atoms with van der Waals surface area (Å²) in [6.45, 7) is 16.6. The zero-order chi connectivity index (χ0) is 11.1. The molecular weight excluding hydrogens is 189 g/mol. The highest BCUT2D eigenvalue weighted by molar-refractivity contribution is 8.25. The lowest BCUT2D eigenvalue weighted by Crippen LogP contribution is -2.45. The SMILES string of the molecule is C=CCSB(C=C)N(C(C)C)C(C)C. The normalized spacial score (nSPS) is 11.1. The highest BCUT2D eigenvalue weighted by Gasteiger charge is 2.24. The quantitative estimate of drug-likeness (QED) is 0.469. The predicted octanol–water partition coefficient (Wildman–Crippen LogP) is 3.24. The Morgan fingerprint density at radius 2 is 1.71 bits per heavy atom. The van der Waals surface area contributed by atoms with Crippen LogP contribution in [0.3, 0.4) is 0 Å². The Kier molecular flexibility index (Phi) is 7.11. The minimum Gasteiger partial charge on any atom is -0.325 e. The molecule has 0 saturated carbocycles. The van der Waals surface area contributed by atoms with Crippen LogP contribution in [0.15, 0.2) is 25.2 Å². The van der Waals surface area contributed by atoms with E-state index < -0.39 is 0 Å². The van der Waals surface area contributed by atoms with Crippen LogP contribution >= 0.6 is 11.6 Å². The Morgan fingerprint density at radius 3 is 2.00 bits per heavy atom. The van der Waals surface area contributed by atoms with Gasteiger partial charge in [0.15, 0.2) is 0 Å². The van der Waals surface area contributed by atoms with E-state index in [0.29, 0.717) is 18.2 Å². The average molecular weight is 211 g/mol. The van der Waals surface area contributed by atoms with Crippen molar-refractivity contribution in [1.29, 1.82) is 0 Å². The number of hydrogen-bond donors (Lipinski definition) is 0. The highest BCUT2D eigenvalue weighted by Crippen LogP contribution is 2.18. The molecule has 0 heterocycles. The van der Waals surface area contributed by atoms with Crippen molar-refractivity contribution in [2.45, 2.75) is 39.8 Å². The minimum atomic E-state index is 0.396. The zero-order valence-electron chi connectivity index (χ0n) is 9.86. The van der Waals surface area contributed by atoms with Crippen molar-refractivity contribution in [1.82, 2.24) is 4.81 Å². The molecule has 0 rings (SSSR count). The molecule has 0 aromatic heterocycles. The maximum Gasteiger partial charge on any atom is 0.318 e. The molecule has 0 aliphatic carbocycles. The fourth-order valence-electron chi connectivity index (χ4n) is 1.63. The Labute approximate surface area is 93.6 Å². The smallest absolute Gasteiger partial charge is 0.318 e. The zero-order valence-corrected chi connectivity index (χ0v) is 10.7. The van der Waals surface area contributed by atoms with Crippen molar-refractivity contribution >= 4 is 17.7 Å². The molecule has 3 heteroatoms. The van der Waals surface area contributed by atoms with Gasteiger partial charge in [-0.05, 0) is 12.1 Å². The van der Waals surface area contributed by atoms with Crippen LogP contribution in [-0.2, 0) is 0 Å². The maximum absolute atomic E-state index is 3.90. The van der Waals surface area contributed by atoms with Crippen LogP contribution in [0.25, 0.3) is 0 Å². The molecule has 14 heavy (non-hydrogen) atoms. The summed E-state index contributed by atoms with van der Waals surface area (Å²) in [5.74, 6) is 3.00. The van der Waals surface area contributed by atoms with Gasteiger partial charge in [0.05, 0.1) is 0 Å². The second-order valence-electron chi connectivity index (χ2n) is 3.88. The molecule has 0 N–H and O–H groups in total. The highest BCUT2D eigenvalue weighted by atomic mass is 32.2. The molecular formula is C11H22BNS. The second kappa shape index (κ2) is 7.19. The average Bonchev–Trinajstić information content (AvgIpc) is 2.10. The Bertz CT molecular complexity index is 172. The maximum atomic E-state index is 3.90. The van der Waals surface area contributed by atoms with Crippen LogP contribution in [-0.4, -0.2) is 28.8 Å². The van der Waals surface area contributed by atoms with Crippen LogP contribution in [0.4, 0.5) is 0 Å². The van der Waals surface area contributed by atoms with E-state index in [-0.39, 0.29) is 0 Å². The minimum absolute atomic E-state index is 0.396. The fraction of sp³-hybridized carbons (Fsp3) is 0.636. The van der Waals surface area contributed by atoms with E-state index >= 15 is 0 Å². The predicted molar refractivity (Wildman–Crippen MR) is 70.7 cm³/mol. The lowest BCUT2D eigenvalue weighted by molar-refractivity contribution is 0.312. The third-order valence-corrected chi connectivity index (χ3v) is 3.28. The largest absolute Gasteiger partial charge is 0.325 e. The van der Waals surface area contributed by atoms with Gasteiger partial charge in [-0.25, -0.2) is 0 Å². The van der Waals surface area contributed by atoms with Gasteiger partial charge in [-0.15, -0.1) is 13.2 Å². The molecule has 0 bridgehead atoms. The van der Waals surface area contributed by atoms with Crippen molar-refractivity contribution in [2.24, 2.45) is 0 Å². The van der Waals surface area contributed by atoms with Gasteiger partial charge in [-0.3, -0.25) is 0 Å². The van der Waals surface area contributed by atoms with E-state index in [1.54, 1.807) is 0 Å². The molecule has 0 amide bonds. The van der Waals surface area contributed by atoms with Gasteiger partial charge >= 0.3 is 6.13 Å². The van der Waals surface area contributed by atoms with Gasteiger partial charge in [0.2, 0.25) is 0 Å². The summed E-state index contributed by atoms with van der Waals surface area (Å²) in [5, 5.41) is 0. The van der Waals surface area contributed by atoms with Crippen molar-refractivity contribution < 1.29 is 0 Å². The van der Waals surface area contributed by atoms with Gasteiger partial charge in [0.25, 0.3) is 0 Å². The lowest BCUT2D eigenvalue weighted by Gasteiger charge is -2.34.